The van der Waals surface area contributed by atoms with Crippen LogP contribution in [0, 0.1) is 0 Å². The second-order valence-corrected chi connectivity index (χ2v) is 3.11. The highest BCUT2D eigenvalue weighted by molar-refractivity contribution is 5.66. The Kier molecular flexibility index (Phi) is 8.83. The first-order chi connectivity index (χ1) is 6.31. The Morgan fingerprint density at radius 3 is 2.38 bits per heavy atom. The Morgan fingerprint density at radius 1 is 1.15 bits per heavy atom. The van der Waals surface area contributed by atoms with E-state index >= 15 is 0 Å². The van der Waals surface area contributed by atoms with Gasteiger partial charge in [-0.05, 0) is 6.42 Å². The van der Waals surface area contributed by atoms with Gasteiger partial charge >= 0.3 is 6.09 Å². The minimum atomic E-state index is -0.450. The summed E-state index contributed by atoms with van der Waals surface area (Å²) in [6, 6.07) is 0. The highest BCUT2D eigenvalue weighted by Crippen LogP contribution is 2.04. The fourth-order valence-electron chi connectivity index (χ4n) is 1.11. The van der Waals surface area contributed by atoms with Crippen molar-refractivity contribution in [2.45, 2.75) is 45.4 Å². The lowest BCUT2D eigenvalue weighted by molar-refractivity contribution is 0.145. The topological polar surface area (TPSA) is 40.4 Å². The quantitative estimate of drug-likeness (QED) is 0.573. The van der Waals surface area contributed by atoms with Gasteiger partial charge in [-0.15, -0.1) is 0 Å². The molecule has 0 saturated carbocycles. The molecule has 0 N–H and O–H groups in total. The number of carbonyl (C=O) groups excluding carboxylic acids is 1. The zero-order valence-corrected chi connectivity index (χ0v) is 8.71. The van der Waals surface area contributed by atoms with Crippen molar-refractivity contribution < 1.29 is 9.53 Å². The molecule has 3 nitrogen and oxygen atoms in total. The molecule has 0 aliphatic rings. The molecule has 0 saturated heterocycles. The third-order valence-electron chi connectivity index (χ3n) is 1.91. The zero-order valence-electron chi connectivity index (χ0n) is 8.71. The summed E-state index contributed by atoms with van der Waals surface area (Å²) in [4.78, 5) is 10.6. The Morgan fingerprint density at radius 2 is 1.77 bits per heavy atom. The molecule has 0 rings (SSSR count). The van der Waals surface area contributed by atoms with Gasteiger partial charge < -0.3 is 4.74 Å². The molecule has 1 amide bonds. The van der Waals surface area contributed by atoms with Gasteiger partial charge in [-0.1, -0.05) is 39.0 Å². The van der Waals surface area contributed by atoms with Crippen molar-refractivity contribution in [3.8, 4) is 0 Å². The summed E-state index contributed by atoms with van der Waals surface area (Å²) in [6.07, 6.45) is 6.78. The van der Waals surface area contributed by atoms with Crippen LogP contribution in [0.4, 0.5) is 4.79 Å². The number of ether oxygens (including phenoxy) is 1. The molecule has 0 aromatic heterocycles. The lowest BCUT2D eigenvalue weighted by Crippen LogP contribution is -2.13. The highest BCUT2D eigenvalue weighted by atomic mass is 16.5. The normalized spacial score (nSPS) is 9.69. The van der Waals surface area contributed by atoms with E-state index in [1.165, 1.54) is 32.7 Å². The summed E-state index contributed by atoms with van der Waals surface area (Å²) in [6.45, 7) is 2.72. The van der Waals surface area contributed by atoms with Gasteiger partial charge in [0.25, 0.3) is 0 Å². The van der Waals surface area contributed by atoms with Crippen LogP contribution < -0.4 is 5.32 Å². The van der Waals surface area contributed by atoms with Crippen molar-refractivity contribution in [1.29, 1.82) is 0 Å². The molecule has 0 atom stereocenters. The van der Waals surface area contributed by atoms with E-state index < -0.39 is 6.09 Å². The maximum Gasteiger partial charge on any atom is 0.428 e. The fraction of sp³-hybridized carbons (Fsp3) is 0.900. The predicted octanol–water partition coefficient (Wildman–Crippen LogP) is 2.72. The largest absolute Gasteiger partial charge is 0.448 e. The molecule has 13 heavy (non-hydrogen) atoms. The summed E-state index contributed by atoms with van der Waals surface area (Å²) < 4.78 is 4.79. The summed E-state index contributed by atoms with van der Waals surface area (Å²) >= 11 is 0. The monoisotopic (exact) mass is 186 g/mol. The van der Waals surface area contributed by atoms with E-state index in [0.29, 0.717) is 6.61 Å². The van der Waals surface area contributed by atoms with E-state index in [2.05, 4.69) is 12.2 Å². The van der Waals surface area contributed by atoms with Crippen molar-refractivity contribution in [2.75, 3.05) is 13.7 Å². The maximum absolute atomic E-state index is 10.6. The van der Waals surface area contributed by atoms with E-state index in [1.807, 2.05) is 0 Å². The molecule has 0 bridgehead atoms. The Balaban J connectivity index is 2.95. The van der Waals surface area contributed by atoms with Gasteiger partial charge in [0.05, 0.1) is 6.61 Å². The molecule has 3 heteroatoms. The second kappa shape index (κ2) is 9.36. The first-order valence-electron chi connectivity index (χ1n) is 5.07. The zero-order chi connectivity index (χ0) is 9.94. The molecule has 0 aliphatic carbocycles. The van der Waals surface area contributed by atoms with Crippen molar-refractivity contribution >= 4 is 6.09 Å². The van der Waals surface area contributed by atoms with Crippen LogP contribution in [0.25, 0.3) is 0 Å². The lowest BCUT2D eigenvalue weighted by Gasteiger charge is -2.02. The molecule has 0 spiro atoms. The highest BCUT2D eigenvalue weighted by Gasteiger charge is 1.97. The number of carbonyl (C=O) groups is 1. The van der Waals surface area contributed by atoms with E-state index in [0.717, 1.165) is 12.8 Å². The summed E-state index contributed by atoms with van der Waals surface area (Å²) in [5.74, 6) is 0. The molecule has 0 fully saturated rings. The third-order valence-corrected chi connectivity index (χ3v) is 1.91. The molecule has 77 valence electrons. The van der Waals surface area contributed by atoms with Crippen LogP contribution in [0.5, 0.6) is 0 Å². The Labute approximate surface area is 80.8 Å². The van der Waals surface area contributed by atoms with Crippen LogP contribution in [0.15, 0.2) is 0 Å². The predicted molar refractivity (Wildman–Crippen MR) is 52.8 cm³/mol. The first kappa shape index (κ1) is 12.3. The molecule has 0 heterocycles. The average Bonchev–Trinajstić information content (AvgIpc) is 2.16. The van der Waals surface area contributed by atoms with Crippen LogP contribution in [0.1, 0.15) is 45.4 Å². The van der Waals surface area contributed by atoms with Crippen molar-refractivity contribution in [3.63, 3.8) is 0 Å². The van der Waals surface area contributed by atoms with Gasteiger partial charge in [-0.25, -0.2) is 10.1 Å². The van der Waals surface area contributed by atoms with E-state index in [9.17, 15) is 4.79 Å². The van der Waals surface area contributed by atoms with Gasteiger partial charge in [-0.3, -0.25) is 0 Å². The molecule has 0 aromatic rings. The van der Waals surface area contributed by atoms with Crippen LogP contribution in [-0.4, -0.2) is 19.7 Å². The van der Waals surface area contributed by atoms with Gasteiger partial charge in [0, 0.05) is 7.05 Å². The fourth-order valence-corrected chi connectivity index (χ4v) is 1.11. The Bertz CT molecular complexity index is 126. The van der Waals surface area contributed by atoms with Crippen LogP contribution >= 0.6 is 0 Å². The summed E-state index contributed by atoms with van der Waals surface area (Å²) in [5, 5.41) is 3.37. The van der Waals surface area contributed by atoms with Crippen molar-refractivity contribution in [2.24, 2.45) is 0 Å². The van der Waals surface area contributed by atoms with Crippen molar-refractivity contribution in [3.05, 3.63) is 0 Å². The number of hydrogen-bond donors (Lipinski definition) is 0. The minimum Gasteiger partial charge on any atom is -0.448 e. The molecular formula is C10H20NO2. The molecule has 0 unspecified atom stereocenters. The smallest absolute Gasteiger partial charge is 0.428 e. The van der Waals surface area contributed by atoms with Gasteiger partial charge in [-0.2, -0.15) is 0 Å². The number of amides is 1. The van der Waals surface area contributed by atoms with E-state index in [1.54, 1.807) is 0 Å². The van der Waals surface area contributed by atoms with Gasteiger partial charge in [0.15, 0.2) is 0 Å². The number of unbranched alkanes of at least 4 members (excludes halogenated alkanes) is 5. The van der Waals surface area contributed by atoms with E-state index in [4.69, 9.17) is 4.74 Å². The van der Waals surface area contributed by atoms with Gasteiger partial charge in [0.1, 0.15) is 0 Å². The number of rotatable bonds is 7. The SMILES string of the molecule is CCCCCCCCOC(=O)[N]C. The molecule has 1 radical (unpaired) electrons. The molecular weight excluding hydrogens is 166 g/mol. The second-order valence-electron chi connectivity index (χ2n) is 3.11. The standard InChI is InChI=1S/C10H20NO2/c1-3-4-5-6-7-8-9-13-10(12)11-2/h3-9H2,1-2H3. The summed E-state index contributed by atoms with van der Waals surface area (Å²) in [7, 11) is 1.45. The number of hydrogen-bond acceptors (Lipinski definition) is 2. The minimum absolute atomic E-state index is 0.450. The summed E-state index contributed by atoms with van der Waals surface area (Å²) in [5.41, 5.74) is 0. The van der Waals surface area contributed by atoms with Gasteiger partial charge in [0.2, 0.25) is 0 Å². The van der Waals surface area contributed by atoms with Crippen LogP contribution in [0.3, 0.4) is 0 Å². The Hall–Kier alpha value is -0.730. The maximum atomic E-state index is 10.6. The van der Waals surface area contributed by atoms with Crippen LogP contribution in [-0.2, 0) is 4.74 Å². The van der Waals surface area contributed by atoms with E-state index in [-0.39, 0.29) is 0 Å². The molecule has 0 aromatic carbocycles. The number of nitrogens with zero attached hydrogens (tertiary/aromatic N) is 1. The lowest BCUT2D eigenvalue weighted by atomic mass is 10.1. The van der Waals surface area contributed by atoms with Crippen LogP contribution in [0.2, 0.25) is 0 Å². The third kappa shape index (κ3) is 9.18. The average molecular weight is 186 g/mol. The molecule has 0 aliphatic heterocycles. The first-order valence-corrected chi connectivity index (χ1v) is 5.07. The van der Waals surface area contributed by atoms with Crippen molar-refractivity contribution in [1.82, 2.24) is 5.32 Å².